The van der Waals surface area contributed by atoms with Crippen molar-refractivity contribution < 1.29 is 31.9 Å². The number of hydrogen-bond acceptors (Lipinski definition) is 0. The van der Waals surface area contributed by atoms with Crippen molar-refractivity contribution in [3.8, 4) is 0 Å². The van der Waals surface area contributed by atoms with E-state index >= 15 is 0 Å². The van der Waals surface area contributed by atoms with Gasteiger partial charge in [0.15, 0.2) is 0 Å². The first-order chi connectivity index (χ1) is 21.7. The molecule has 0 N–H and O–H groups in total. The van der Waals surface area contributed by atoms with Gasteiger partial charge in [0.1, 0.15) is 0 Å². The second kappa shape index (κ2) is 17.3. The van der Waals surface area contributed by atoms with Gasteiger partial charge in [-0.05, 0) is 35.8 Å². The monoisotopic (exact) mass is 732 g/mol. The second-order valence-electron chi connectivity index (χ2n) is 15.2. The van der Waals surface area contributed by atoms with E-state index in [9.17, 15) is 10.8 Å². The summed E-state index contributed by atoms with van der Waals surface area (Å²) in [5.74, 6) is 4.13. The predicted molar refractivity (Wildman–Crippen MR) is 184 cm³/mol. The Kier molecular flexibility index (Phi) is 13.8. The van der Waals surface area contributed by atoms with Crippen LogP contribution in [-0.4, -0.2) is 61.8 Å². The molecule has 0 spiro atoms. The number of nitrogens with zero attached hydrogens (tertiary/aromatic N) is 6. The van der Waals surface area contributed by atoms with Crippen LogP contribution in [0.1, 0.15) is 120 Å². The molecule has 9 rings (SSSR count). The summed E-state index contributed by atoms with van der Waals surface area (Å²) in [6.07, 6.45) is 21.3. The molecule has 6 nitrogen and oxygen atoms in total. The van der Waals surface area contributed by atoms with Gasteiger partial charge in [-0.3, -0.25) is 0 Å². The van der Waals surface area contributed by atoms with Gasteiger partial charge < -0.3 is 44.5 Å². The minimum absolute atomic E-state index is 0. The van der Waals surface area contributed by atoms with Crippen LogP contribution in [0.4, 0.5) is 0 Å². The van der Waals surface area contributed by atoms with Gasteiger partial charge in [-0.1, -0.05) is 138 Å². The summed E-state index contributed by atoms with van der Waals surface area (Å²) in [6.45, 7) is 4.44. The van der Waals surface area contributed by atoms with Crippen molar-refractivity contribution >= 4 is 11.4 Å². The second-order valence-corrected chi connectivity index (χ2v) is 15.2. The maximum absolute atomic E-state index is 10.0. The Morgan fingerprint density at radius 1 is 0.478 bits per heavy atom. The van der Waals surface area contributed by atoms with Gasteiger partial charge in [0.2, 0.25) is 0 Å². The Morgan fingerprint density at radius 3 is 1.30 bits per heavy atom. The Labute approximate surface area is 298 Å². The molecule has 256 valence electrons. The molecule has 10 atom stereocenters. The smallest absolute Gasteiger partial charge is 1.00 e. The normalized spacial score (nSPS) is 39.1. The number of rotatable bonds is 0. The van der Waals surface area contributed by atoms with E-state index in [4.69, 9.17) is 21.3 Å². The Hall–Kier alpha value is -0.687. The summed E-state index contributed by atoms with van der Waals surface area (Å²) < 4.78 is 0. The molecule has 4 aliphatic carbocycles. The molecule has 1 aromatic carbocycles. The van der Waals surface area contributed by atoms with Crippen molar-refractivity contribution in [1.82, 2.24) is 0 Å². The SMILES string of the molecule is C1C[N-]C2C(C1)CCC1CCC[N-]C12.C1C[N-]C2C(C1)CCC1CCC[N-]C12.[Cl-].[N-]=C1C(=[N-])C2CCCCC2c2ccccc21.[Rh+3]. The number of halogens is 1. The van der Waals surface area contributed by atoms with Gasteiger partial charge in [-0.15, -0.1) is 50.3 Å². The van der Waals surface area contributed by atoms with Crippen molar-refractivity contribution in [1.29, 1.82) is 0 Å². The molecule has 7 fully saturated rings. The first-order valence-electron chi connectivity index (χ1n) is 18.6. The van der Waals surface area contributed by atoms with Crippen LogP contribution in [-0.2, 0) is 19.5 Å². The molecule has 0 radical (unpaired) electrons. The van der Waals surface area contributed by atoms with Gasteiger partial charge in [-0.2, -0.15) is 11.4 Å². The van der Waals surface area contributed by atoms with Crippen LogP contribution in [0.5, 0.6) is 0 Å². The predicted octanol–water partition coefficient (Wildman–Crippen LogP) is 6.51. The molecule has 46 heavy (non-hydrogen) atoms. The average Bonchev–Trinajstić information content (AvgIpc) is 3.11. The van der Waals surface area contributed by atoms with Gasteiger partial charge in [0.05, 0.1) is 0 Å². The summed E-state index contributed by atoms with van der Waals surface area (Å²) in [7, 11) is 0. The van der Waals surface area contributed by atoms with Crippen LogP contribution in [0.3, 0.4) is 0 Å². The summed E-state index contributed by atoms with van der Waals surface area (Å²) >= 11 is 0. The molecule has 4 aliphatic heterocycles. The van der Waals surface area contributed by atoms with E-state index < -0.39 is 0 Å². The maximum atomic E-state index is 10.0. The first kappa shape index (κ1) is 36.6. The van der Waals surface area contributed by atoms with Gasteiger partial charge >= 0.3 is 19.5 Å². The molecule has 0 aromatic heterocycles. The summed E-state index contributed by atoms with van der Waals surface area (Å²) in [5.41, 5.74) is 2.34. The van der Waals surface area contributed by atoms with E-state index in [-0.39, 0.29) is 49.2 Å². The van der Waals surface area contributed by atoms with Crippen LogP contribution in [0.2, 0.25) is 0 Å². The van der Waals surface area contributed by atoms with Crippen molar-refractivity contribution in [2.45, 2.75) is 133 Å². The van der Waals surface area contributed by atoms with Crippen LogP contribution in [0.15, 0.2) is 24.3 Å². The van der Waals surface area contributed by atoms with Crippen molar-refractivity contribution in [3.63, 3.8) is 0 Å². The fraction of sp³-hybridized carbons (Fsp3) is 0.789. The van der Waals surface area contributed by atoms with E-state index in [1.165, 1.54) is 89.0 Å². The molecule has 4 heterocycles. The molecular weight excluding hydrogens is 679 g/mol. The maximum Gasteiger partial charge on any atom is 3.00 e. The summed E-state index contributed by atoms with van der Waals surface area (Å²) in [6, 6.07) is 10.4. The zero-order valence-electron chi connectivity index (χ0n) is 27.6. The third-order valence-electron chi connectivity index (χ3n) is 12.7. The van der Waals surface area contributed by atoms with E-state index in [1.54, 1.807) is 0 Å². The van der Waals surface area contributed by atoms with Gasteiger partial charge in [0, 0.05) is 0 Å². The molecule has 4 saturated heterocycles. The summed E-state index contributed by atoms with van der Waals surface area (Å²) in [5, 5.41) is 39.4. The largest absolute Gasteiger partial charge is 3.00 e. The summed E-state index contributed by atoms with van der Waals surface area (Å²) in [4.78, 5) is 0. The molecule has 8 heteroatoms. The Morgan fingerprint density at radius 2 is 0.870 bits per heavy atom. The standard InChI is InChI=1S/C14H14N2.2C12H20N2.ClH.Rh/c15-13-11-7-3-1-5-9(11)10-6-2-4-8-12(10)14(13)16;2*1-3-9-5-6-10-4-2-8-14-12(10)11(9)13-7-1;;/h1,3,5,7,10,12H,2,4,6,8H2;2*9-12H,1-8H2;1H;/q3*-2;;+3/p-1. The van der Waals surface area contributed by atoms with E-state index in [1.807, 2.05) is 18.2 Å². The number of fused-ring (bicyclic) bond motifs is 9. The van der Waals surface area contributed by atoms with Crippen molar-refractivity contribution in [2.75, 3.05) is 26.2 Å². The van der Waals surface area contributed by atoms with Crippen molar-refractivity contribution in [2.24, 2.45) is 29.6 Å². The molecule has 3 saturated carbocycles. The first-order valence-corrected chi connectivity index (χ1v) is 18.6. The average molecular weight is 733 g/mol. The van der Waals surface area contributed by atoms with Crippen LogP contribution < -0.4 is 12.4 Å². The third kappa shape index (κ3) is 7.86. The van der Waals surface area contributed by atoms with Crippen LogP contribution >= 0.6 is 0 Å². The fourth-order valence-corrected chi connectivity index (χ4v) is 10.5. The van der Waals surface area contributed by atoms with E-state index in [0.717, 1.165) is 74.7 Å². The molecular formula is C38H54ClN6Rh-4. The molecule has 0 bridgehead atoms. The molecule has 1 aromatic rings. The van der Waals surface area contributed by atoms with Crippen molar-refractivity contribution in [3.05, 3.63) is 67.5 Å². The molecule has 0 amide bonds. The Bertz CT molecular complexity index is 1060. The molecule has 8 aliphatic rings. The van der Waals surface area contributed by atoms with E-state index in [2.05, 4.69) is 6.07 Å². The van der Waals surface area contributed by atoms with Gasteiger partial charge in [0.25, 0.3) is 0 Å². The van der Waals surface area contributed by atoms with Crippen LogP contribution in [0.25, 0.3) is 32.1 Å². The number of hydrogen-bond donors (Lipinski definition) is 0. The third-order valence-corrected chi connectivity index (χ3v) is 12.7. The van der Waals surface area contributed by atoms with Crippen LogP contribution in [0, 0.1) is 29.6 Å². The topological polar surface area (TPSA) is 101 Å². The minimum atomic E-state index is 0. The zero-order valence-corrected chi connectivity index (χ0v) is 30.0. The molecule has 10 unspecified atom stereocenters. The zero-order chi connectivity index (χ0) is 29.9. The fourth-order valence-electron chi connectivity index (χ4n) is 10.5. The Balaban J connectivity index is 0.000000133. The van der Waals surface area contributed by atoms with E-state index in [0.29, 0.717) is 30.1 Å². The van der Waals surface area contributed by atoms with Gasteiger partial charge in [-0.25, -0.2) is 0 Å². The number of piperidine rings is 4. The quantitative estimate of drug-likeness (QED) is 0.272. The number of benzene rings is 1. The minimum Gasteiger partial charge on any atom is -1.00 e.